The molecular weight excluding hydrogens is 354 g/mol. The minimum absolute atomic E-state index is 0.0252. The Kier molecular flexibility index (Phi) is 6.46. The third-order valence-corrected chi connectivity index (χ3v) is 6.40. The number of likely N-dealkylation sites (N-methyl/N-ethyl adjacent to an activating group) is 1. The first-order chi connectivity index (χ1) is 13.5. The molecular formula is C22H31N3O3. The Morgan fingerprint density at radius 1 is 1.25 bits per heavy atom. The molecule has 1 aromatic carbocycles. The van der Waals surface area contributed by atoms with Gasteiger partial charge in [-0.2, -0.15) is 5.26 Å². The summed E-state index contributed by atoms with van der Waals surface area (Å²) in [5.41, 5.74) is 0.417. The molecule has 0 radical (unpaired) electrons. The Hall–Kier alpha value is -2.26. The number of rotatable bonds is 6. The highest BCUT2D eigenvalue weighted by molar-refractivity contribution is 5.79. The lowest BCUT2D eigenvalue weighted by Crippen LogP contribution is -2.52. The molecule has 1 amide bonds. The van der Waals surface area contributed by atoms with E-state index in [0.717, 1.165) is 68.6 Å². The Bertz CT molecular complexity index is 737. The van der Waals surface area contributed by atoms with Crippen LogP contribution in [0.25, 0.3) is 0 Å². The van der Waals surface area contributed by atoms with Crippen molar-refractivity contribution in [2.75, 3.05) is 34.4 Å². The maximum Gasteiger partial charge on any atom is 0.237 e. The fraction of sp³-hybridized carbons (Fsp3) is 0.636. The standard InChI is InChI=1S/C22H31N3O3/c1-24(22(16-23)11-5-4-6-12-22)21(26)15-25-13-7-8-19(25)18-14-17(27-2)9-10-20(18)28-3/h9-10,14,19H,4-8,11-13,15H2,1-3H3/t19-/m1/s1. The van der Waals surface area contributed by atoms with Gasteiger partial charge < -0.3 is 14.4 Å². The Balaban J connectivity index is 1.77. The van der Waals surface area contributed by atoms with Crippen molar-refractivity contribution in [2.45, 2.75) is 56.5 Å². The Labute approximate surface area is 168 Å². The third-order valence-electron chi connectivity index (χ3n) is 6.40. The summed E-state index contributed by atoms with van der Waals surface area (Å²) in [5.74, 6) is 1.63. The van der Waals surface area contributed by atoms with Crippen LogP contribution < -0.4 is 9.47 Å². The Morgan fingerprint density at radius 2 is 2.00 bits per heavy atom. The van der Waals surface area contributed by atoms with Crippen molar-refractivity contribution in [2.24, 2.45) is 0 Å². The monoisotopic (exact) mass is 385 g/mol. The third kappa shape index (κ3) is 3.95. The van der Waals surface area contributed by atoms with Crippen molar-refractivity contribution in [3.8, 4) is 17.6 Å². The number of amides is 1. The SMILES string of the molecule is COc1ccc(OC)c([C@H]2CCCN2CC(=O)N(C)C2(C#N)CCCCC2)c1. The summed E-state index contributed by atoms with van der Waals surface area (Å²) < 4.78 is 11.0. The van der Waals surface area contributed by atoms with Crippen LogP contribution in [-0.2, 0) is 4.79 Å². The number of likely N-dealkylation sites (tertiary alicyclic amines) is 1. The van der Waals surface area contributed by atoms with E-state index in [2.05, 4.69) is 11.0 Å². The first-order valence-electron chi connectivity index (χ1n) is 10.2. The summed E-state index contributed by atoms with van der Waals surface area (Å²) in [5, 5.41) is 9.79. The number of benzene rings is 1. The summed E-state index contributed by atoms with van der Waals surface area (Å²) >= 11 is 0. The second-order valence-electron chi connectivity index (χ2n) is 7.89. The molecule has 28 heavy (non-hydrogen) atoms. The molecule has 1 saturated heterocycles. The smallest absolute Gasteiger partial charge is 0.237 e. The van der Waals surface area contributed by atoms with Gasteiger partial charge in [0.1, 0.15) is 17.0 Å². The summed E-state index contributed by atoms with van der Waals surface area (Å²) in [6, 6.07) is 8.39. The molecule has 1 atom stereocenters. The van der Waals surface area contributed by atoms with Crippen molar-refractivity contribution >= 4 is 5.91 Å². The average Bonchev–Trinajstić information content (AvgIpc) is 3.20. The van der Waals surface area contributed by atoms with Crippen LogP contribution in [0.1, 0.15) is 56.6 Å². The molecule has 0 aromatic heterocycles. The molecule has 0 spiro atoms. The van der Waals surface area contributed by atoms with Gasteiger partial charge in [0, 0.05) is 18.7 Å². The minimum Gasteiger partial charge on any atom is -0.497 e. The van der Waals surface area contributed by atoms with E-state index in [0.29, 0.717) is 6.54 Å². The summed E-state index contributed by atoms with van der Waals surface area (Å²) in [6.45, 7) is 1.19. The van der Waals surface area contributed by atoms with E-state index < -0.39 is 5.54 Å². The van der Waals surface area contributed by atoms with Gasteiger partial charge >= 0.3 is 0 Å². The molecule has 6 heteroatoms. The van der Waals surface area contributed by atoms with Gasteiger partial charge in [0.15, 0.2) is 0 Å². The normalized spacial score (nSPS) is 21.7. The lowest BCUT2D eigenvalue weighted by molar-refractivity contribution is -0.136. The molecule has 0 N–H and O–H groups in total. The maximum atomic E-state index is 13.1. The van der Waals surface area contributed by atoms with Crippen LogP contribution in [-0.4, -0.2) is 55.6 Å². The van der Waals surface area contributed by atoms with Crippen molar-refractivity contribution in [1.82, 2.24) is 9.80 Å². The van der Waals surface area contributed by atoms with Crippen LogP contribution >= 0.6 is 0 Å². The van der Waals surface area contributed by atoms with E-state index >= 15 is 0 Å². The molecule has 1 heterocycles. The number of carbonyl (C=O) groups is 1. The zero-order valence-corrected chi connectivity index (χ0v) is 17.2. The van der Waals surface area contributed by atoms with E-state index in [9.17, 15) is 10.1 Å². The van der Waals surface area contributed by atoms with Gasteiger partial charge in [0.25, 0.3) is 0 Å². The number of carbonyl (C=O) groups excluding carboxylic acids is 1. The lowest BCUT2D eigenvalue weighted by Gasteiger charge is -2.40. The van der Waals surface area contributed by atoms with Crippen molar-refractivity contribution in [1.29, 1.82) is 5.26 Å². The van der Waals surface area contributed by atoms with E-state index in [1.54, 1.807) is 26.2 Å². The molecule has 1 aromatic rings. The van der Waals surface area contributed by atoms with Gasteiger partial charge in [-0.1, -0.05) is 19.3 Å². The summed E-state index contributed by atoms with van der Waals surface area (Å²) in [4.78, 5) is 17.0. The number of nitriles is 1. The number of methoxy groups -OCH3 is 2. The lowest BCUT2D eigenvalue weighted by atomic mass is 9.81. The van der Waals surface area contributed by atoms with Crippen LogP contribution in [0.5, 0.6) is 11.5 Å². The molecule has 0 bridgehead atoms. The van der Waals surface area contributed by atoms with Gasteiger partial charge in [0.05, 0.1) is 26.8 Å². The highest BCUT2D eigenvalue weighted by Crippen LogP contribution is 2.39. The zero-order chi connectivity index (χ0) is 20.1. The van der Waals surface area contributed by atoms with Gasteiger partial charge in [0.2, 0.25) is 5.91 Å². The zero-order valence-electron chi connectivity index (χ0n) is 17.2. The first kappa shape index (κ1) is 20.5. The molecule has 3 rings (SSSR count). The van der Waals surface area contributed by atoms with Gasteiger partial charge in [-0.05, 0) is 50.4 Å². The molecule has 1 aliphatic carbocycles. The molecule has 1 aliphatic heterocycles. The molecule has 2 aliphatic rings. The Morgan fingerprint density at radius 3 is 2.64 bits per heavy atom. The van der Waals surface area contributed by atoms with Crippen LogP contribution in [0, 0.1) is 11.3 Å². The molecule has 1 saturated carbocycles. The number of ether oxygens (including phenoxy) is 2. The average molecular weight is 386 g/mol. The van der Waals surface area contributed by atoms with E-state index in [4.69, 9.17) is 9.47 Å². The van der Waals surface area contributed by atoms with E-state index in [-0.39, 0.29) is 11.9 Å². The minimum atomic E-state index is -0.641. The summed E-state index contributed by atoms with van der Waals surface area (Å²) in [6.07, 6.45) is 6.74. The molecule has 0 unspecified atom stereocenters. The molecule has 2 fully saturated rings. The predicted molar refractivity (Wildman–Crippen MR) is 107 cm³/mol. The van der Waals surface area contributed by atoms with Crippen LogP contribution in [0.15, 0.2) is 18.2 Å². The second kappa shape index (κ2) is 8.83. The van der Waals surface area contributed by atoms with E-state index in [1.165, 1.54) is 0 Å². The highest BCUT2D eigenvalue weighted by Gasteiger charge is 2.40. The van der Waals surface area contributed by atoms with Crippen LogP contribution in [0.3, 0.4) is 0 Å². The van der Waals surface area contributed by atoms with Gasteiger partial charge in [-0.3, -0.25) is 9.69 Å². The van der Waals surface area contributed by atoms with Gasteiger partial charge in [-0.25, -0.2) is 0 Å². The van der Waals surface area contributed by atoms with Crippen LogP contribution in [0.2, 0.25) is 0 Å². The number of hydrogen-bond acceptors (Lipinski definition) is 5. The fourth-order valence-corrected chi connectivity index (χ4v) is 4.64. The van der Waals surface area contributed by atoms with Gasteiger partial charge in [-0.15, -0.1) is 0 Å². The maximum absolute atomic E-state index is 13.1. The predicted octanol–water partition coefficient (Wildman–Crippen LogP) is 3.53. The van der Waals surface area contributed by atoms with Crippen molar-refractivity contribution < 1.29 is 14.3 Å². The van der Waals surface area contributed by atoms with Crippen LogP contribution in [0.4, 0.5) is 0 Å². The molecule has 152 valence electrons. The van der Waals surface area contributed by atoms with E-state index in [1.807, 2.05) is 18.2 Å². The topological polar surface area (TPSA) is 65.8 Å². The highest BCUT2D eigenvalue weighted by atomic mass is 16.5. The first-order valence-corrected chi connectivity index (χ1v) is 10.2. The van der Waals surface area contributed by atoms with Crippen molar-refractivity contribution in [3.63, 3.8) is 0 Å². The number of hydrogen-bond donors (Lipinski definition) is 0. The van der Waals surface area contributed by atoms with Crippen molar-refractivity contribution in [3.05, 3.63) is 23.8 Å². The summed E-state index contributed by atoms with van der Waals surface area (Å²) in [7, 11) is 5.12. The quantitative estimate of drug-likeness (QED) is 0.749. The second-order valence-corrected chi connectivity index (χ2v) is 7.89. The number of nitrogens with zero attached hydrogens (tertiary/aromatic N) is 3. The largest absolute Gasteiger partial charge is 0.497 e. The fourth-order valence-electron chi connectivity index (χ4n) is 4.64. The molecule has 6 nitrogen and oxygen atoms in total.